The molecule has 2 N–H and O–H groups in total. The third kappa shape index (κ3) is 3.06. The Morgan fingerprint density at radius 1 is 1.29 bits per heavy atom. The third-order valence-electron chi connectivity index (χ3n) is 4.48. The van der Waals surface area contributed by atoms with E-state index >= 15 is 0 Å². The van der Waals surface area contributed by atoms with Crippen LogP contribution in [0.3, 0.4) is 0 Å². The van der Waals surface area contributed by atoms with Crippen molar-refractivity contribution in [2.24, 2.45) is 5.92 Å². The Labute approximate surface area is 126 Å². The molecule has 118 valence electrons. The van der Waals surface area contributed by atoms with Crippen molar-refractivity contribution in [3.8, 4) is 0 Å². The molecule has 1 saturated carbocycles. The van der Waals surface area contributed by atoms with Crippen molar-refractivity contribution >= 4 is 15.7 Å². The zero-order valence-electron chi connectivity index (χ0n) is 12.8. The summed E-state index contributed by atoms with van der Waals surface area (Å²) < 4.78 is 40.5. The van der Waals surface area contributed by atoms with Gasteiger partial charge in [0.25, 0.3) is 0 Å². The van der Waals surface area contributed by atoms with E-state index in [1.807, 2.05) is 0 Å². The molecular weight excluding hydrogens is 291 g/mol. The average Bonchev–Trinajstić information content (AvgIpc) is 2.42. The van der Waals surface area contributed by atoms with Crippen molar-refractivity contribution < 1.29 is 12.8 Å². The molecule has 1 aromatic carbocycles. The lowest BCUT2D eigenvalue weighted by atomic mass is 9.86. The van der Waals surface area contributed by atoms with Gasteiger partial charge in [-0.05, 0) is 43.4 Å². The molecule has 0 saturated heterocycles. The molecule has 4 nitrogen and oxygen atoms in total. The topological polar surface area (TPSA) is 63.4 Å². The van der Waals surface area contributed by atoms with Crippen molar-refractivity contribution in [2.45, 2.75) is 50.5 Å². The molecule has 21 heavy (non-hydrogen) atoms. The summed E-state index contributed by atoms with van der Waals surface area (Å²) in [5, 5.41) is 0. The van der Waals surface area contributed by atoms with Crippen LogP contribution in [0.15, 0.2) is 17.0 Å². The summed E-state index contributed by atoms with van der Waals surface area (Å²) in [7, 11) is -2.04. The van der Waals surface area contributed by atoms with Crippen molar-refractivity contribution in [1.29, 1.82) is 0 Å². The molecule has 1 aliphatic carbocycles. The van der Waals surface area contributed by atoms with Gasteiger partial charge in [0.1, 0.15) is 5.82 Å². The first-order valence-electron chi connectivity index (χ1n) is 7.28. The number of sulfonamides is 1. The standard InChI is InChI=1S/C15H23FN2O2S/c1-10-6-4-5-7-14(10)18(3)21(19,20)15-9-13(17)12(16)8-11(15)2/h8-10,14H,4-7,17H2,1-3H3. The Balaban J connectivity index is 2.39. The second-order valence-electron chi connectivity index (χ2n) is 5.99. The largest absolute Gasteiger partial charge is 0.396 e. The van der Waals surface area contributed by atoms with Crippen LogP contribution in [0.4, 0.5) is 10.1 Å². The van der Waals surface area contributed by atoms with Gasteiger partial charge < -0.3 is 5.73 Å². The molecule has 0 amide bonds. The number of rotatable bonds is 3. The van der Waals surface area contributed by atoms with Crippen molar-refractivity contribution in [3.63, 3.8) is 0 Å². The highest BCUT2D eigenvalue weighted by molar-refractivity contribution is 7.89. The first kappa shape index (κ1) is 16.2. The summed E-state index contributed by atoms with van der Waals surface area (Å²) in [4.78, 5) is 0.0988. The second kappa shape index (κ2) is 5.93. The quantitative estimate of drug-likeness (QED) is 0.873. The maximum atomic E-state index is 13.4. The van der Waals surface area contributed by atoms with Gasteiger partial charge in [-0.1, -0.05) is 19.8 Å². The van der Waals surface area contributed by atoms with E-state index in [4.69, 9.17) is 5.73 Å². The van der Waals surface area contributed by atoms with Gasteiger partial charge in [0, 0.05) is 13.1 Å². The van der Waals surface area contributed by atoms with Crippen LogP contribution in [0.1, 0.15) is 38.2 Å². The highest BCUT2D eigenvalue weighted by Gasteiger charge is 2.34. The molecule has 0 bridgehead atoms. The number of nitrogens with two attached hydrogens (primary N) is 1. The first-order valence-corrected chi connectivity index (χ1v) is 8.73. The van der Waals surface area contributed by atoms with Gasteiger partial charge in [0.2, 0.25) is 10.0 Å². The fourth-order valence-corrected chi connectivity index (χ4v) is 4.84. The molecule has 2 unspecified atom stereocenters. The van der Waals surface area contributed by atoms with Crippen LogP contribution in [-0.4, -0.2) is 25.8 Å². The van der Waals surface area contributed by atoms with Crippen LogP contribution in [-0.2, 0) is 10.0 Å². The van der Waals surface area contributed by atoms with Gasteiger partial charge in [-0.25, -0.2) is 12.8 Å². The molecule has 2 rings (SSSR count). The summed E-state index contributed by atoms with van der Waals surface area (Å²) in [6, 6.07) is 2.40. The van der Waals surface area contributed by atoms with Gasteiger partial charge in [0.15, 0.2) is 0 Å². The summed E-state index contributed by atoms with van der Waals surface area (Å²) in [6.45, 7) is 3.68. The first-order chi connectivity index (χ1) is 9.75. The minimum Gasteiger partial charge on any atom is -0.396 e. The molecular formula is C15H23FN2O2S. The fourth-order valence-electron chi connectivity index (χ4n) is 3.12. The number of hydrogen-bond acceptors (Lipinski definition) is 3. The number of halogens is 1. The van der Waals surface area contributed by atoms with E-state index in [1.165, 1.54) is 16.4 Å². The van der Waals surface area contributed by atoms with E-state index in [1.54, 1.807) is 14.0 Å². The number of anilines is 1. The van der Waals surface area contributed by atoms with Crippen molar-refractivity contribution in [1.82, 2.24) is 4.31 Å². The summed E-state index contributed by atoms with van der Waals surface area (Å²) in [5.41, 5.74) is 5.79. The molecule has 1 aromatic rings. The van der Waals surface area contributed by atoms with E-state index in [-0.39, 0.29) is 16.6 Å². The smallest absolute Gasteiger partial charge is 0.243 e. The van der Waals surface area contributed by atoms with Crippen LogP contribution in [0, 0.1) is 18.7 Å². The lowest BCUT2D eigenvalue weighted by molar-refractivity contribution is 0.213. The van der Waals surface area contributed by atoms with Crippen LogP contribution in [0.5, 0.6) is 0 Å². The number of hydrogen-bond donors (Lipinski definition) is 1. The highest BCUT2D eigenvalue weighted by Crippen LogP contribution is 2.32. The lowest BCUT2D eigenvalue weighted by Crippen LogP contribution is -2.42. The van der Waals surface area contributed by atoms with Crippen LogP contribution < -0.4 is 5.73 Å². The number of nitrogen functional groups attached to an aromatic ring is 1. The van der Waals surface area contributed by atoms with E-state index in [9.17, 15) is 12.8 Å². The summed E-state index contributed by atoms with van der Waals surface area (Å²) >= 11 is 0. The van der Waals surface area contributed by atoms with Gasteiger partial charge in [-0.3, -0.25) is 0 Å². The lowest BCUT2D eigenvalue weighted by Gasteiger charge is -2.35. The summed E-state index contributed by atoms with van der Waals surface area (Å²) in [6.07, 6.45) is 4.09. The fraction of sp³-hybridized carbons (Fsp3) is 0.600. The Morgan fingerprint density at radius 2 is 1.90 bits per heavy atom. The zero-order chi connectivity index (χ0) is 15.8. The van der Waals surface area contributed by atoms with Crippen molar-refractivity contribution in [3.05, 3.63) is 23.5 Å². The van der Waals surface area contributed by atoms with Gasteiger partial charge in [0.05, 0.1) is 10.6 Å². The van der Waals surface area contributed by atoms with Gasteiger partial charge in [-0.15, -0.1) is 0 Å². The Morgan fingerprint density at radius 3 is 2.52 bits per heavy atom. The molecule has 2 atom stereocenters. The molecule has 1 fully saturated rings. The van der Waals surface area contributed by atoms with Crippen LogP contribution >= 0.6 is 0 Å². The predicted molar refractivity (Wildman–Crippen MR) is 81.9 cm³/mol. The van der Waals surface area contributed by atoms with E-state index in [2.05, 4.69) is 6.92 Å². The van der Waals surface area contributed by atoms with Crippen molar-refractivity contribution in [2.75, 3.05) is 12.8 Å². The Hall–Kier alpha value is -1.14. The third-order valence-corrected chi connectivity index (χ3v) is 6.51. The van der Waals surface area contributed by atoms with E-state index < -0.39 is 15.8 Å². The van der Waals surface area contributed by atoms with Gasteiger partial charge >= 0.3 is 0 Å². The minimum atomic E-state index is -3.65. The molecule has 0 spiro atoms. The molecule has 0 aromatic heterocycles. The second-order valence-corrected chi connectivity index (χ2v) is 7.96. The Bertz CT molecular complexity index is 631. The number of benzene rings is 1. The molecule has 0 heterocycles. The molecule has 6 heteroatoms. The number of aryl methyl sites for hydroxylation is 1. The zero-order valence-corrected chi connectivity index (χ0v) is 13.6. The molecule has 0 radical (unpaired) electrons. The van der Waals surface area contributed by atoms with Crippen LogP contribution in [0.25, 0.3) is 0 Å². The maximum absolute atomic E-state index is 13.4. The van der Waals surface area contributed by atoms with Crippen LogP contribution in [0.2, 0.25) is 0 Å². The SMILES string of the molecule is Cc1cc(F)c(N)cc1S(=O)(=O)N(C)C1CCCCC1C. The predicted octanol–water partition coefficient (Wildman–Crippen LogP) is 2.92. The number of nitrogens with zero attached hydrogens (tertiary/aromatic N) is 1. The van der Waals surface area contributed by atoms with E-state index in [0.717, 1.165) is 25.7 Å². The molecule has 1 aliphatic rings. The average molecular weight is 314 g/mol. The normalized spacial score (nSPS) is 23.5. The van der Waals surface area contributed by atoms with Gasteiger partial charge in [-0.2, -0.15) is 4.31 Å². The van der Waals surface area contributed by atoms with E-state index in [0.29, 0.717) is 11.5 Å². The minimum absolute atomic E-state index is 0.00516. The maximum Gasteiger partial charge on any atom is 0.243 e. The molecule has 0 aliphatic heterocycles. The summed E-state index contributed by atoms with van der Waals surface area (Å²) in [5.74, 6) is -0.253. The highest BCUT2D eigenvalue weighted by atomic mass is 32.2. The Kier molecular flexibility index (Phi) is 4.58. The monoisotopic (exact) mass is 314 g/mol.